The van der Waals surface area contributed by atoms with Crippen molar-refractivity contribution in [3.63, 3.8) is 0 Å². The van der Waals surface area contributed by atoms with E-state index in [1.165, 1.54) is 5.56 Å². The Balaban J connectivity index is 1.24. The molecule has 2 aliphatic rings. The molecule has 30 heavy (non-hydrogen) atoms. The number of rotatable bonds is 6. The zero-order chi connectivity index (χ0) is 20.9. The van der Waals surface area contributed by atoms with Gasteiger partial charge < -0.3 is 29.2 Å². The summed E-state index contributed by atoms with van der Waals surface area (Å²) in [6.07, 6.45) is 0. The fourth-order valence-electron chi connectivity index (χ4n) is 3.69. The maximum atomic E-state index is 12.6. The van der Waals surface area contributed by atoms with Crippen LogP contribution in [0.1, 0.15) is 11.1 Å². The molecule has 1 fully saturated rings. The first-order valence-corrected chi connectivity index (χ1v) is 10.0. The quantitative estimate of drug-likeness (QED) is 0.785. The van der Waals surface area contributed by atoms with Crippen LogP contribution in [-0.4, -0.2) is 63.0 Å². The number of carbonyl (C=O) groups is 1. The van der Waals surface area contributed by atoms with Crippen LogP contribution in [-0.2, 0) is 13.1 Å². The SMILES string of the molecule is COc1ccc(CNC(=O)N2CCN(Cc3ccc4c(c3)OCO4)CC2)cc1OC. The minimum Gasteiger partial charge on any atom is -0.493 e. The number of benzene rings is 2. The first kappa shape index (κ1) is 20.2. The number of nitrogens with zero attached hydrogens (tertiary/aromatic N) is 2. The van der Waals surface area contributed by atoms with Gasteiger partial charge in [0, 0.05) is 39.3 Å². The van der Waals surface area contributed by atoms with Gasteiger partial charge >= 0.3 is 6.03 Å². The third-order valence-corrected chi connectivity index (χ3v) is 5.39. The summed E-state index contributed by atoms with van der Waals surface area (Å²) >= 11 is 0. The fraction of sp³-hybridized carbons (Fsp3) is 0.409. The molecule has 2 aliphatic heterocycles. The van der Waals surface area contributed by atoms with Crippen LogP contribution in [0.3, 0.4) is 0 Å². The average Bonchev–Trinajstić information content (AvgIpc) is 3.25. The van der Waals surface area contributed by atoms with Crippen molar-refractivity contribution in [1.29, 1.82) is 0 Å². The minimum atomic E-state index is -0.0486. The molecule has 2 heterocycles. The molecule has 1 saturated heterocycles. The van der Waals surface area contributed by atoms with Crippen LogP contribution < -0.4 is 24.3 Å². The van der Waals surface area contributed by atoms with E-state index in [-0.39, 0.29) is 12.8 Å². The van der Waals surface area contributed by atoms with Gasteiger partial charge in [-0.1, -0.05) is 12.1 Å². The molecule has 2 aromatic rings. The summed E-state index contributed by atoms with van der Waals surface area (Å²) in [6.45, 7) is 4.62. The lowest BCUT2D eigenvalue weighted by atomic mass is 10.1. The number of urea groups is 1. The Labute approximate surface area is 176 Å². The van der Waals surface area contributed by atoms with Crippen LogP contribution >= 0.6 is 0 Å². The zero-order valence-corrected chi connectivity index (χ0v) is 17.3. The third-order valence-electron chi connectivity index (χ3n) is 5.39. The lowest BCUT2D eigenvalue weighted by Crippen LogP contribution is -2.51. The maximum Gasteiger partial charge on any atom is 0.317 e. The van der Waals surface area contributed by atoms with E-state index in [0.717, 1.165) is 36.7 Å². The molecule has 8 heteroatoms. The highest BCUT2D eigenvalue weighted by Gasteiger charge is 2.22. The number of hydrogen-bond acceptors (Lipinski definition) is 6. The molecule has 0 saturated carbocycles. The van der Waals surface area contributed by atoms with Crippen LogP contribution in [0.25, 0.3) is 0 Å². The highest BCUT2D eigenvalue weighted by Crippen LogP contribution is 2.33. The largest absolute Gasteiger partial charge is 0.493 e. The van der Waals surface area contributed by atoms with Gasteiger partial charge in [0.1, 0.15) is 0 Å². The average molecular weight is 413 g/mol. The van der Waals surface area contributed by atoms with Crippen LogP contribution in [0.5, 0.6) is 23.0 Å². The Kier molecular flexibility index (Phi) is 6.13. The van der Waals surface area contributed by atoms with E-state index >= 15 is 0 Å². The fourth-order valence-corrected chi connectivity index (χ4v) is 3.69. The first-order valence-electron chi connectivity index (χ1n) is 10.0. The number of hydrogen-bond donors (Lipinski definition) is 1. The van der Waals surface area contributed by atoms with Crippen LogP contribution in [0, 0.1) is 0 Å². The van der Waals surface area contributed by atoms with E-state index in [4.69, 9.17) is 18.9 Å². The monoisotopic (exact) mass is 413 g/mol. The van der Waals surface area contributed by atoms with Crippen LogP contribution in [0.4, 0.5) is 4.79 Å². The molecule has 4 rings (SSSR count). The van der Waals surface area contributed by atoms with Crippen molar-refractivity contribution in [2.75, 3.05) is 47.2 Å². The Morgan fingerprint density at radius 3 is 2.43 bits per heavy atom. The summed E-state index contributed by atoms with van der Waals surface area (Å²) in [5.41, 5.74) is 2.15. The van der Waals surface area contributed by atoms with Gasteiger partial charge in [0.2, 0.25) is 6.79 Å². The predicted molar refractivity (Wildman–Crippen MR) is 111 cm³/mol. The molecule has 0 bridgehead atoms. The lowest BCUT2D eigenvalue weighted by molar-refractivity contribution is 0.135. The van der Waals surface area contributed by atoms with E-state index < -0.39 is 0 Å². The number of amides is 2. The van der Waals surface area contributed by atoms with Gasteiger partial charge in [0.05, 0.1) is 14.2 Å². The van der Waals surface area contributed by atoms with Gasteiger partial charge in [-0.2, -0.15) is 0 Å². The van der Waals surface area contributed by atoms with E-state index in [0.29, 0.717) is 31.1 Å². The third kappa shape index (κ3) is 4.54. The molecule has 0 aromatic heterocycles. The van der Waals surface area contributed by atoms with Gasteiger partial charge in [-0.05, 0) is 35.4 Å². The lowest BCUT2D eigenvalue weighted by Gasteiger charge is -2.34. The zero-order valence-electron chi connectivity index (χ0n) is 17.3. The van der Waals surface area contributed by atoms with Crippen molar-refractivity contribution >= 4 is 6.03 Å². The molecule has 0 atom stereocenters. The van der Waals surface area contributed by atoms with Gasteiger partial charge in [-0.15, -0.1) is 0 Å². The molecule has 8 nitrogen and oxygen atoms in total. The molecule has 0 spiro atoms. The van der Waals surface area contributed by atoms with Gasteiger partial charge in [-0.3, -0.25) is 4.90 Å². The Morgan fingerprint density at radius 1 is 0.933 bits per heavy atom. The van der Waals surface area contributed by atoms with E-state index in [2.05, 4.69) is 16.3 Å². The van der Waals surface area contributed by atoms with Crippen molar-refractivity contribution in [3.05, 3.63) is 47.5 Å². The number of carbonyl (C=O) groups excluding carboxylic acids is 1. The van der Waals surface area contributed by atoms with Gasteiger partial charge in [0.25, 0.3) is 0 Å². The Morgan fingerprint density at radius 2 is 1.67 bits per heavy atom. The summed E-state index contributed by atoms with van der Waals surface area (Å²) in [5, 5.41) is 2.99. The number of methoxy groups -OCH3 is 2. The van der Waals surface area contributed by atoms with Crippen molar-refractivity contribution in [2.45, 2.75) is 13.1 Å². The van der Waals surface area contributed by atoms with Crippen molar-refractivity contribution in [3.8, 4) is 23.0 Å². The molecule has 0 aliphatic carbocycles. The second-order valence-corrected chi connectivity index (χ2v) is 7.30. The summed E-state index contributed by atoms with van der Waals surface area (Å²) < 4.78 is 21.4. The van der Waals surface area contributed by atoms with Crippen molar-refractivity contribution in [1.82, 2.24) is 15.1 Å². The summed E-state index contributed by atoms with van der Waals surface area (Å²) in [4.78, 5) is 16.8. The van der Waals surface area contributed by atoms with Gasteiger partial charge in [0.15, 0.2) is 23.0 Å². The summed E-state index contributed by atoms with van der Waals surface area (Å²) in [6, 6.07) is 11.6. The molecular weight excluding hydrogens is 386 g/mol. The number of piperazine rings is 1. The first-order chi connectivity index (χ1) is 14.7. The normalized spacial score (nSPS) is 15.7. The molecule has 2 aromatic carbocycles. The molecular formula is C22H27N3O5. The molecule has 1 N–H and O–H groups in total. The highest BCUT2D eigenvalue weighted by atomic mass is 16.7. The second kappa shape index (κ2) is 9.13. The molecule has 0 radical (unpaired) electrons. The summed E-state index contributed by atoms with van der Waals surface area (Å²) in [7, 11) is 3.20. The van der Waals surface area contributed by atoms with E-state index in [1.54, 1.807) is 14.2 Å². The Hall–Kier alpha value is -3.13. The van der Waals surface area contributed by atoms with Crippen LogP contribution in [0.2, 0.25) is 0 Å². The predicted octanol–water partition coefficient (Wildman–Crippen LogP) is 2.46. The maximum absolute atomic E-state index is 12.6. The molecule has 2 amide bonds. The van der Waals surface area contributed by atoms with Crippen molar-refractivity contribution < 1.29 is 23.7 Å². The molecule has 160 valence electrons. The second-order valence-electron chi connectivity index (χ2n) is 7.30. The van der Waals surface area contributed by atoms with E-state index in [1.807, 2.05) is 35.2 Å². The highest BCUT2D eigenvalue weighted by molar-refractivity contribution is 5.74. The van der Waals surface area contributed by atoms with Crippen molar-refractivity contribution in [2.24, 2.45) is 0 Å². The standard InChI is InChI=1S/C22H27N3O5/c1-27-18-5-3-16(11-20(18)28-2)13-23-22(26)25-9-7-24(8-10-25)14-17-4-6-19-21(12-17)30-15-29-19/h3-6,11-12H,7-10,13-15H2,1-2H3,(H,23,26). The molecule has 0 unspecified atom stereocenters. The van der Waals surface area contributed by atoms with Gasteiger partial charge in [-0.25, -0.2) is 4.79 Å². The smallest absolute Gasteiger partial charge is 0.317 e. The Bertz CT molecular complexity index is 896. The number of ether oxygens (including phenoxy) is 4. The summed E-state index contributed by atoms with van der Waals surface area (Å²) in [5.74, 6) is 2.93. The van der Waals surface area contributed by atoms with Crippen LogP contribution in [0.15, 0.2) is 36.4 Å². The number of nitrogens with one attached hydrogen (secondary N) is 1. The van der Waals surface area contributed by atoms with E-state index in [9.17, 15) is 4.79 Å². The topological polar surface area (TPSA) is 72.5 Å². The number of fused-ring (bicyclic) bond motifs is 1. The minimum absolute atomic E-state index is 0.0486.